The number of rotatable bonds is 4. The lowest BCUT2D eigenvalue weighted by Gasteiger charge is -2.36. The average molecular weight is 346 g/mol. The van der Waals surface area contributed by atoms with E-state index in [1.54, 1.807) is 11.4 Å². The van der Waals surface area contributed by atoms with Crippen LogP contribution < -0.4 is 4.90 Å². The monoisotopic (exact) mass is 346 g/mol. The van der Waals surface area contributed by atoms with E-state index in [0.717, 1.165) is 55.6 Å². The van der Waals surface area contributed by atoms with E-state index in [0.29, 0.717) is 0 Å². The van der Waals surface area contributed by atoms with Crippen molar-refractivity contribution in [1.82, 2.24) is 14.3 Å². The van der Waals surface area contributed by atoms with Gasteiger partial charge in [-0.15, -0.1) is 0 Å². The fourth-order valence-electron chi connectivity index (χ4n) is 3.37. The highest BCUT2D eigenvalue weighted by molar-refractivity contribution is 7.90. The second-order valence-corrected chi connectivity index (χ2v) is 8.97. The summed E-state index contributed by atoms with van der Waals surface area (Å²) in [6.07, 6.45) is 5.11. The molecule has 1 aliphatic heterocycles. The molecule has 1 saturated carbocycles. The van der Waals surface area contributed by atoms with Crippen molar-refractivity contribution in [2.24, 2.45) is 0 Å². The van der Waals surface area contributed by atoms with Crippen LogP contribution in [-0.4, -0.2) is 54.1 Å². The van der Waals surface area contributed by atoms with Gasteiger partial charge in [0.15, 0.2) is 0 Å². The Bertz CT molecular complexity index is 843. The average Bonchev–Trinajstić information content (AvgIpc) is 3.46. The number of benzene rings is 1. The van der Waals surface area contributed by atoms with Crippen molar-refractivity contribution in [3.05, 3.63) is 30.5 Å². The molecular formula is C17H22N4O2S. The van der Waals surface area contributed by atoms with Gasteiger partial charge >= 0.3 is 0 Å². The topological polar surface area (TPSA) is 66.4 Å². The minimum Gasteiger partial charge on any atom is -0.355 e. The van der Waals surface area contributed by atoms with Gasteiger partial charge in [-0.1, -0.05) is 12.1 Å². The van der Waals surface area contributed by atoms with Gasteiger partial charge in [-0.2, -0.15) is 0 Å². The maximum Gasteiger partial charge on any atom is 0.216 e. The minimum atomic E-state index is -3.09. The molecule has 0 spiro atoms. The van der Waals surface area contributed by atoms with Gasteiger partial charge < -0.3 is 4.90 Å². The zero-order valence-electron chi connectivity index (χ0n) is 13.8. The van der Waals surface area contributed by atoms with Gasteiger partial charge in [0.1, 0.15) is 5.82 Å². The molecule has 2 aliphatic rings. The predicted octanol–water partition coefficient (Wildman–Crippen LogP) is 2.02. The number of sulfonamides is 1. The molecule has 4 rings (SSSR count). The van der Waals surface area contributed by atoms with Gasteiger partial charge in [0.05, 0.1) is 22.5 Å². The molecule has 7 heteroatoms. The van der Waals surface area contributed by atoms with Crippen LogP contribution >= 0.6 is 0 Å². The van der Waals surface area contributed by atoms with E-state index in [2.05, 4.69) is 14.9 Å². The first-order valence-electron chi connectivity index (χ1n) is 8.49. The summed E-state index contributed by atoms with van der Waals surface area (Å²) < 4.78 is 26.4. The van der Waals surface area contributed by atoms with Crippen LogP contribution in [0.25, 0.3) is 11.0 Å². The van der Waals surface area contributed by atoms with Crippen molar-refractivity contribution in [3.8, 4) is 0 Å². The Morgan fingerprint density at radius 3 is 2.42 bits per heavy atom. The zero-order valence-corrected chi connectivity index (χ0v) is 14.6. The molecule has 1 aromatic carbocycles. The summed E-state index contributed by atoms with van der Waals surface area (Å²) in [4.78, 5) is 11.4. The highest BCUT2D eigenvalue weighted by Gasteiger charge is 2.41. The van der Waals surface area contributed by atoms with Crippen molar-refractivity contribution in [3.63, 3.8) is 0 Å². The van der Waals surface area contributed by atoms with E-state index in [4.69, 9.17) is 0 Å². The molecule has 0 unspecified atom stereocenters. The van der Waals surface area contributed by atoms with Crippen LogP contribution in [0, 0.1) is 0 Å². The number of anilines is 1. The minimum absolute atomic E-state index is 0.0975. The maximum absolute atomic E-state index is 12.4. The van der Waals surface area contributed by atoms with Gasteiger partial charge in [0, 0.05) is 26.2 Å². The van der Waals surface area contributed by atoms with Gasteiger partial charge in [0.25, 0.3) is 0 Å². The third kappa shape index (κ3) is 2.86. The predicted molar refractivity (Wildman–Crippen MR) is 94.5 cm³/mol. The van der Waals surface area contributed by atoms with Crippen molar-refractivity contribution >= 4 is 26.9 Å². The standard InChI is InChI=1S/C17H22N4O2S/c1-20(24(22,23)14-6-7-14)13-8-10-21(11-9-13)17-12-18-15-4-2-3-5-16(15)19-17/h2-5,12-14H,6-11H2,1H3. The van der Waals surface area contributed by atoms with E-state index >= 15 is 0 Å². The summed E-state index contributed by atoms with van der Waals surface area (Å²) in [7, 11) is -1.35. The van der Waals surface area contributed by atoms with Gasteiger partial charge in [-0.05, 0) is 37.8 Å². The zero-order chi connectivity index (χ0) is 16.7. The molecule has 24 heavy (non-hydrogen) atoms. The molecule has 1 saturated heterocycles. The van der Waals surface area contributed by atoms with Crippen LogP contribution in [0.1, 0.15) is 25.7 Å². The van der Waals surface area contributed by atoms with Crippen molar-refractivity contribution < 1.29 is 8.42 Å². The Morgan fingerprint density at radius 2 is 1.75 bits per heavy atom. The molecular weight excluding hydrogens is 324 g/mol. The van der Waals surface area contributed by atoms with E-state index in [1.807, 2.05) is 30.5 Å². The molecule has 2 aromatic rings. The largest absolute Gasteiger partial charge is 0.355 e. The molecule has 128 valence electrons. The lowest BCUT2D eigenvalue weighted by molar-refractivity contribution is 0.311. The molecule has 0 atom stereocenters. The van der Waals surface area contributed by atoms with Crippen molar-refractivity contribution in [1.29, 1.82) is 0 Å². The molecule has 0 amide bonds. The number of hydrogen-bond acceptors (Lipinski definition) is 5. The number of piperidine rings is 1. The molecule has 1 aliphatic carbocycles. The number of nitrogens with zero attached hydrogens (tertiary/aromatic N) is 4. The quantitative estimate of drug-likeness (QED) is 0.847. The van der Waals surface area contributed by atoms with Gasteiger partial charge in [-0.3, -0.25) is 4.98 Å². The first kappa shape index (κ1) is 15.8. The highest BCUT2D eigenvalue weighted by atomic mass is 32.2. The van der Waals surface area contributed by atoms with Crippen LogP contribution in [0.5, 0.6) is 0 Å². The second-order valence-electron chi connectivity index (χ2n) is 6.70. The van der Waals surface area contributed by atoms with Crippen LogP contribution in [0.3, 0.4) is 0 Å². The van der Waals surface area contributed by atoms with Gasteiger partial charge in [0.2, 0.25) is 10.0 Å². The smallest absolute Gasteiger partial charge is 0.216 e. The van der Waals surface area contributed by atoms with Crippen LogP contribution in [0.2, 0.25) is 0 Å². The molecule has 1 aromatic heterocycles. The number of para-hydroxylation sites is 2. The summed E-state index contributed by atoms with van der Waals surface area (Å²) in [6.45, 7) is 1.62. The summed E-state index contributed by atoms with van der Waals surface area (Å²) in [5.74, 6) is 0.875. The third-order valence-corrected chi connectivity index (χ3v) is 7.50. The first-order chi connectivity index (χ1) is 11.6. The number of fused-ring (bicyclic) bond motifs is 1. The maximum atomic E-state index is 12.4. The van der Waals surface area contributed by atoms with E-state index in [9.17, 15) is 8.42 Å². The Hall–Kier alpha value is -1.73. The first-order valence-corrected chi connectivity index (χ1v) is 9.99. The van der Waals surface area contributed by atoms with Crippen molar-refractivity contribution in [2.45, 2.75) is 37.0 Å². The fraction of sp³-hybridized carbons (Fsp3) is 0.529. The molecule has 2 heterocycles. The van der Waals surface area contributed by atoms with Crippen LogP contribution in [0.4, 0.5) is 5.82 Å². The van der Waals surface area contributed by atoms with Crippen LogP contribution in [0.15, 0.2) is 30.5 Å². The summed E-state index contributed by atoms with van der Waals surface area (Å²) in [6, 6.07) is 7.94. The third-order valence-electron chi connectivity index (χ3n) is 5.09. The van der Waals surface area contributed by atoms with Crippen molar-refractivity contribution in [2.75, 3.05) is 25.0 Å². The van der Waals surface area contributed by atoms with Gasteiger partial charge in [-0.25, -0.2) is 17.7 Å². The highest BCUT2D eigenvalue weighted by Crippen LogP contribution is 2.33. The Labute approximate surface area is 142 Å². The normalized spacial score (nSPS) is 20.0. The molecule has 0 N–H and O–H groups in total. The fourth-order valence-corrected chi connectivity index (χ4v) is 5.20. The summed E-state index contributed by atoms with van der Waals surface area (Å²) >= 11 is 0. The summed E-state index contributed by atoms with van der Waals surface area (Å²) in [5.41, 5.74) is 1.79. The van der Waals surface area contributed by atoms with Crippen LogP contribution in [-0.2, 0) is 10.0 Å². The lowest BCUT2D eigenvalue weighted by Crippen LogP contribution is -2.46. The number of aromatic nitrogens is 2. The molecule has 0 bridgehead atoms. The SMILES string of the molecule is CN(C1CCN(c2cnc3ccccc3n2)CC1)S(=O)(=O)C1CC1. The van der Waals surface area contributed by atoms with E-state index in [-0.39, 0.29) is 11.3 Å². The van der Waals surface area contributed by atoms with E-state index in [1.165, 1.54) is 0 Å². The molecule has 2 fully saturated rings. The molecule has 0 radical (unpaired) electrons. The Morgan fingerprint density at radius 1 is 1.08 bits per heavy atom. The Balaban J connectivity index is 1.45. The second kappa shape index (κ2) is 5.97. The Kier molecular flexibility index (Phi) is 3.92. The lowest BCUT2D eigenvalue weighted by atomic mass is 10.1. The summed E-state index contributed by atoms with van der Waals surface area (Å²) in [5, 5.41) is -0.133. The van der Waals surface area contributed by atoms with E-state index < -0.39 is 10.0 Å². The molecule has 6 nitrogen and oxygen atoms in total. The number of hydrogen-bond donors (Lipinski definition) is 0.